The number of nitrogens with one attached hydrogen (secondary N) is 2. The maximum absolute atomic E-state index is 3.65. The molecule has 1 fully saturated rings. The van der Waals surface area contributed by atoms with Gasteiger partial charge >= 0.3 is 0 Å². The molecule has 1 aromatic carbocycles. The van der Waals surface area contributed by atoms with Crippen LogP contribution in [0, 0.1) is 0 Å². The zero-order chi connectivity index (χ0) is 11.9. The first-order valence-corrected chi connectivity index (χ1v) is 7.28. The maximum atomic E-state index is 3.65. The number of rotatable bonds is 1. The Bertz CT molecular complexity index is 576. The van der Waals surface area contributed by atoms with Crippen molar-refractivity contribution in [3.63, 3.8) is 0 Å². The van der Waals surface area contributed by atoms with Crippen molar-refractivity contribution in [2.75, 3.05) is 6.54 Å². The second kappa shape index (κ2) is 4.13. The summed E-state index contributed by atoms with van der Waals surface area (Å²) in [6.07, 6.45) is 7.80. The number of hydrogen-bond acceptors (Lipinski definition) is 1. The fourth-order valence-corrected chi connectivity index (χ4v) is 3.62. The summed E-state index contributed by atoms with van der Waals surface area (Å²) >= 11 is 0. The highest BCUT2D eigenvalue weighted by Crippen LogP contribution is 2.32. The minimum Gasteiger partial charge on any atom is -0.358 e. The summed E-state index contributed by atoms with van der Waals surface area (Å²) in [7, 11) is 0. The van der Waals surface area contributed by atoms with Crippen LogP contribution in [0.5, 0.6) is 0 Å². The smallest absolute Gasteiger partial charge is 0.0459 e. The Labute approximate surface area is 108 Å². The van der Waals surface area contributed by atoms with Gasteiger partial charge in [-0.15, -0.1) is 0 Å². The number of benzene rings is 1. The fourth-order valence-electron chi connectivity index (χ4n) is 3.62. The van der Waals surface area contributed by atoms with Crippen LogP contribution in [0.15, 0.2) is 18.2 Å². The number of aryl methyl sites for hydroxylation is 2. The van der Waals surface area contributed by atoms with E-state index in [2.05, 4.69) is 28.5 Å². The van der Waals surface area contributed by atoms with Crippen molar-refractivity contribution in [1.82, 2.24) is 10.3 Å². The molecule has 2 heterocycles. The van der Waals surface area contributed by atoms with Crippen LogP contribution in [0.2, 0.25) is 0 Å². The third-order valence-corrected chi connectivity index (χ3v) is 4.58. The van der Waals surface area contributed by atoms with Crippen LogP contribution >= 0.6 is 0 Å². The Morgan fingerprint density at radius 1 is 1.06 bits per heavy atom. The highest BCUT2D eigenvalue weighted by atomic mass is 14.9. The topological polar surface area (TPSA) is 27.8 Å². The van der Waals surface area contributed by atoms with Crippen molar-refractivity contribution >= 4 is 10.9 Å². The summed E-state index contributed by atoms with van der Waals surface area (Å²) in [5, 5.41) is 5.13. The summed E-state index contributed by atoms with van der Waals surface area (Å²) in [5.41, 5.74) is 5.89. The average Bonchev–Trinajstić information content (AvgIpc) is 2.99. The Morgan fingerprint density at radius 3 is 2.94 bits per heavy atom. The van der Waals surface area contributed by atoms with Crippen molar-refractivity contribution in [2.45, 2.75) is 44.6 Å². The number of aromatic amines is 1. The highest BCUT2D eigenvalue weighted by Gasteiger charge is 2.19. The molecular weight excluding hydrogens is 220 g/mol. The van der Waals surface area contributed by atoms with Gasteiger partial charge in [-0.05, 0) is 61.9 Å². The first kappa shape index (κ1) is 10.6. The molecule has 1 aromatic heterocycles. The molecular formula is C16H20N2. The van der Waals surface area contributed by atoms with Gasteiger partial charge in [0.1, 0.15) is 0 Å². The van der Waals surface area contributed by atoms with E-state index >= 15 is 0 Å². The third kappa shape index (κ3) is 1.59. The van der Waals surface area contributed by atoms with Crippen LogP contribution in [-0.2, 0) is 12.8 Å². The molecule has 1 aliphatic carbocycles. The van der Waals surface area contributed by atoms with Crippen LogP contribution < -0.4 is 5.32 Å². The molecule has 0 saturated carbocycles. The van der Waals surface area contributed by atoms with Gasteiger partial charge in [0.05, 0.1) is 0 Å². The van der Waals surface area contributed by atoms with E-state index in [0.29, 0.717) is 6.04 Å². The van der Waals surface area contributed by atoms with Gasteiger partial charge in [-0.25, -0.2) is 0 Å². The maximum Gasteiger partial charge on any atom is 0.0459 e. The standard InChI is InChI=1S/C16H20N2/c1-2-9-17-14(5-1)11-7-8-16-13(10-11)12-4-3-6-15(12)18-16/h7-8,10,14,17-18H,1-6,9H2. The van der Waals surface area contributed by atoms with Crippen LogP contribution in [-0.4, -0.2) is 11.5 Å². The van der Waals surface area contributed by atoms with Crippen molar-refractivity contribution in [3.8, 4) is 0 Å². The Morgan fingerprint density at radius 2 is 2.06 bits per heavy atom. The summed E-state index contributed by atoms with van der Waals surface area (Å²) in [5.74, 6) is 0. The van der Waals surface area contributed by atoms with E-state index in [-0.39, 0.29) is 0 Å². The second-order valence-corrected chi connectivity index (χ2v) is 5.74. The van der Waals surface area contributed by atoms with Gasteiger partial charge in [0, 0.05) is 22.6 Å². The molecule has 2 aliphatic rings. The quantitative estimate of drug-likeness (QED) is 0.785. The second-order valence-electron chi connectivity index (χ2n) is 5.74. The lowest BCUT2D eigenvalue weighted by Crippen LogP contribution is -2.26. The van der Waals surface area contributed by atoms with Crippen molar-refractivity contribution in [1.29, 1.82) is 0 Å². The molecule has 2 heteroatoms. The van der Waals surface area contributed by atoms with Crippen molar-refractivity contribution in [2.24, 2.45) is 0 Å². The van der Waals surface area contributed by atoms with Gasteiger partial charge in [-0.3, -0.25) is 0 Å². The Balaban J connectivity index is 1.78. The van der Waals surface area contributed by atoms with Gasteiger partial charge in [-0.1, -0.05) is 12.5 Å². The number of aromatic nitrogens is 1. The normalized spacial score (nSPS) is 23.4. The van der Waals surface area contributed by atoms with Crippen LogP contribution in [0.4, 0.5) is 0 Å². The molecule has 1 saturated heterocycles. The SMILES string of the molecule is c1cc2[nH]c3c(c2cc1C1CCCCN1)CCC3. The first-order chi connectivity index (χ1) is 8.92. The predicted octanol–water partition coefficient (Wildman–Crippen LogP) is 3.47. The lowest BCUT2D eigenvalue weighted by molar-refractivity contribution is 0.412. The van der Waals surface area contributed by atoms with Crippen molar-refractivity contribution in [3.05, 3.63) is 35.0 Å². The summed E-state index contributed by atoms with van der Waals surface area (Å²) in [4.78, 5) is 3.59. The van der Waals surface area contributed by atoms with E-state index in [1.54, 1.807) is 5.56 Å². The molecule has 2 N–H and O–H groups in total. The number of H-pyrrole nitrogens is 1. The first-order valence-electron chi connectivity index (χ1n) is 7.28. The third-order valence-electron chi connectivity index (χ3n) is 4.58. The lowest BCUT2D eigenvalue weighted by Gasteiger charge is -2.24. The number of fused-ring (bicyclic) bond motifs is 3. The van der Waals surface area contributed by atoms with Gasteiger partial charge in [0.25, 0.3) is 0 Å². The largest absolute Gasteiger partial charge is 0.358 e. The molecule has 4 rings (SSSR count). The van der Waals surface area contributed by atoms with Gasteiger partial charge < -0.3 is 10.3 Å². The molecule has 1 atom stereocenters. The molecule has 1 unspecified atom stereocenters. The van der Waals surface area contributed by atoms with Gasteiger partial charge in [0.15, 0.2) is 0 Å². The number of piperidine rings is 1. The molecule has 2 aromatic rings. The molecule has 18 heavy (non-hydrogen) atoms. The van der Waals surface area contributed by atoms with E-state index < -0.39 is 0 Å². The predicted molar refractivity (Wildman–Crippen MR) is 74.9 cm³/mol. The van der Waals surface area contributed by atoms with E-state index in [1.807, 2.05) is 0 Å². The summed E-state index contributed by atoms with van der Waals surface area (Å²) < 4.78 is 0. The van der Waals surface area contributed by atoms with E-state index in [9.17, 15) is 0 Å². The van der Waals surface area contributed by atoms with Gasteiger partial charge in [0.2, 0.25) is 0 Å². The zero-order valence-electron chi connectivity index (χ0n) is 10.8. The lowest BCUT2D eigenvalue weighted by atomic mass is 9.96. The molecule has 94 valence electrons. The van der Waals surface area contributed by atoms with Crippen LogP contribution in [0.3, 0.4) is 0 Å². The highest BCUT2D eigenvalue weighted by molar-refractivity contribution is 5.86. The molecule has 0 bridgehead atoms. The zero-order valence-corrected chi connectivity index (χ0v) is 10.8. The minimum absolute atomic E-state index is 0.579. The van der Waals surface area contributed by atoms with Gasteiger partial charge in [-0.2, -0.15) is 0 Å². The van der Waals surface area contributed by atoms with E-state index in [0.717, 1.165) is 0 Å². The van der Waals surface area contributed by atoms with Crippen LogP contribution in [0.1, 0.15) is 48.5 Å². The molecule has 2 nitrogen and oxygen atoms in total. The monoisotopic (exact) mass is 240 g/mol. The summed E-state index contributed by atoms with van der Waals surface area (Å²) in [6, 6.07) is 7.59. The molecule has 0 amide bonds. The van der Waals surface area contributed by atoms with E-state index in [4.69, 9.17) is 0 Å². The summed E-state index contributed by atoms with van der Waals surface area (Å²) in [6.45, 7) is 1.17. The number of hydrogen-bond donors (Lipinski definition) is 2. The average molecular weight is 240 g/mol. The van der Waals surface area contributed by atoms with Crippen molar-refractivity contribution < 1.29 is 0 Å². The molecule has 0 radical (unpaired) electrons. The Hall–Kier alpha value is -1.28. The molecule has 0 spiro atoms. The Kier molecular flexibility index (Phi) is 2.44. The molecule has 1 aliphatic heterocycles. The fraction of sp³-hybridized carbons (Fsp3) is 0.500. The minimum atomic E-state index is 0.579. The van der Waals surface area contributed by atoms with Crippen LogP contribution in [0.25, 0.3) is 10.9 Å². The van der Waals surface area contributed by atoms with E-state index in [1.165, 1.54) is 67.2 Å².